The van der Waals surface area contributed by atoms with Gasteiger partial charge in [-0.1, -0.05) is 56.0 Å². The van der Waals surface area contributed by atoms with Gasteiger partial charge in [-0.15, -0.1) is 0 Å². The van der Waals surface area contributed by atoms with Gasteiger partial charge in [0, 0.05) is 18.0 Å². The van der Waals surface area contributed by atoms with Crippen LogP contribution in [0.25, 0.3) is 11.1 Å². The molecule has 0 saturated heterocycles. The van der Waals surface area contributed by atoms with Gasteiger partial charge >= 0.3 is 0 Å². The van der Waals surface area contributed by atoms with Gasteiger partial charge in [-0.2, -0.15) is 5.10 Å². The quantitative estimate of drug-likeness (QED) is 0.897. The lowest BCUT2D eigenvalue weighted by molar-refractivity contribution is 0.311. The van der Waals surface area contributed by atoms with Crippen LogP contribution in [0.4, 0.5) is 5.82 Å². The fraction of sp³-hybridized carbons (Fsp3) is 0.500. The van der Waals surface area contributed by atoms with E-state index >= 15 is 0 Å². The van der Waals surface area contributed by atoms with Crippen LogP contribution in [0.1, 0.15) is 50.3 Å². The average Bonchev–Trinajstić information content (AvgIpc) is 2.77. The van der Waals surface area contributed by atoms with E-state index in [0.29, 0.717) is 0 Å². The molecule has 1 saturated carbocycles. The molecule has 0 radical (unpaired) electrons. The molecular weight excluding hydrogens is 258 g/mol. The fourth-order valence-corrected chi connectivity index (χ4v) is 3.61. The van der Waals surface area contributed by atoms with E-state index < -0.39 is 0 Å². The third-order valence-corrected chi connectivity index (χ3v) is 4.93. The summed E-state index contributed by atoms with van der Waals surface area (Å²) in [6, 6.07) is 8.58. The molecule has 1 fully saturated rings. The van der Waals surface area contributed by atoms with Crippen molar-refractivity contribution >= 4 is 5.82 Å². The number of nitrogens with two attached hydrogens (primary N) is 1. The van der Waals surface area contributed by atoms with E-state index in [0.717, 1.165) is 11.4 Å². The van der Waals surface area contributed by atoms with Crippen molar-refractivity contribution in [3.8, 4) is 11.1 Å². The first-order chi connectivity index (χ1) is 10.0. The maximum atomic E-state index is 6.35. The molecule has 2 aromatic rings. The van der Waals surface area contributed by atoms with Gasteiger partial charge in [0.05, 0.1) is 5.69 Å². The number of nitrogens with zero attached hydrogens (tertiary/aromatic N) is 2. The first-order valence-electron chi connectivity index (χ1n) is 7.91. The minimum Gasteiger partial charge on any atom is -0.383 e. The Bertz CT molecular complexity index is 648. The Morgan fingerprint density at radius 1 is 1.19 bits per heavy atom. The Balaban J connectivity index is 2.16. The predicted octanol–water partition coefficient (Wildman–Crippen LogP) is 4.20. The molecule has 1 aromatic carbocycles. The maximum absolute atomic E-state index is 6.35. The second-order valence-electron chi connectivity index (χ2n) is 6.72. The van der Waals surface area contributed by atoms with Crippen LogP contribution in [0.2, 0.25) is 0 Å². The zero-order valence-electron chi connectivity index (χ0n) is 13.3. The van der Waals surface area contributed by atoms with E-state index in [9.17, 15) is 0 Å². The standard InChI is InChI=1S/C18H25N3/c1-13-8-7-9-14(12-13)15-16(20-21(3)17(15)19)18(2)10-5-4-6-11-18/h7-9,12H,4-6,10-11,19H2,1-3H3. The van der Waals surface area contributed by atoms with E-state index in [1.54, 1.807) is 0 Å². The van der Waals surface area contributed by atoms with Crippen LogP contribution in [0.5, 0.6) is 0 Å². The number of nitrogen functional groups attached to an aromatic ring is 1. The molecule has 0 atom stereocenters. The van der Waals surface area contributed by atoms with Gasteiger partial charge in [0.2, 0.25) is 0 Å². The molecule has 1 heterocycles. The summed E-state index contributed by atoms with van der Waals surface area (Å²) in [4.78, 5) is 0. The number of benzene rings is 1. The SMILES string of the molecule is Cc1cccc(-c2c(C3(C)CCCCC3)nn(C)c2N)c1. The van der Waals surface area contributed by atoms with Crippen molar-refractivity contribution in [2.45, 2.75) is 51.4 Å². The van der Waals surface area contributed by atoms with Gasteiger partial charge in [-0.3, -0.25) is 4.68 Å². The highest BCUT2D eigenvalue weighted by Gasteiger charge is 2.35. The maximum Gasteiger partial charge on any atom is 0.129 e. The lowest BCUT2D eigenvalue weighted by atomic mass is 9.72. The van der Waals surface area contributed by atoms with Crippen LogP contribution in [0.15, 0.2) is 24.3 Å². The largest absolute Gasteiger partial charge is 0.383 e. The normalized spacial score (nSPS) is 17.9. The molecule has 0 bridgehead atoms. The van der Waals surface area contributed by atoms with Crippen molar-refractivity contribution in [3.05, 3.63) is 35.5 Å². The molecule has 0 unspecified atom stereocenters. The Kier molecular flexibility index (Phi) is 3.52. The van der Waals surface area contributed by atoms with Crippen molar-refractivity contribution in [2.24, 2.45) is 7.05 Å². The highest BCUT2D eigenvalue weighted by Crippen LogP contribution is 2.44. The van der Waals surface area contributed by atoms with Gasteiger partial charge in [0.25, 0.3) is 0 Å². The molecule has 2 N–H and O–H groups in total. The molecule has 112 valence electrons. The summed E-state index contributed by atoms with van der Waals surface area (Å²) < 4.78 is 1.84. The summed E-state index contributed by atoms with van der Waals surface area (Å²) in [5.41, 5.74) is 11.3. The average molecular weight is 283 g/mol. The van der Waals surface area contributed by atoms with Crippen LogP contribution < -0.4 is 5.73 Å². The zero-order chi connectivity index (χ0) is 15.0. The molecule has 3 nitrogen and oxygen atoms in total. The van der Waals surface area contributed by atoms with Gasteiger partial charge in [-0.25, -0.2) is 0 Å². The number of aryl methyl sites for hydroxylation is 2. The number of rotatable bonds is 2. The van der Waals surface area contributed by atoms with Gasteiger partial charge in [0.15, 0.2) is 0 Å². The second-order valence-corrected chi connectivity index (χ2v) is 6.72. The van der Waals surface area contributed by atoms with Crippen molar-refractivity contribution in [1.82, 2.24) is 9.78 Å². The van der Waals surface area contributed by atoms with Crippen molar-refractivity contribution in [3.63, 3.8) is 0 Å². The number of anilines is 1. The monoisotopic (exact) mass is 283 g/mol. The minimum absolute atomic E-state index is 0.159. The lowest BCUT2D eigenvalue weighted by Crippen LogP contribution is -2.26. The molecular formula is C18H25N3. The van der Waals surface area contributed by atoms with Crippen LogP contribution in [-0.4, -0.2) is 9.78 Å². The molecule has 3 rings (SSSR count). The summed E-state index contributed by atoms with van der Waals surface area (Å²) in [5.74, 6) is 0.780. The first-order valence-corrected chi connectivity index (χ1v) is 7.91. The first kappa shape index (κ1) is 14.2. The molecule has 21 heavy (non-hydrogen) atoms. The number of hydrogen-bond donors (Lipinski definition) is 1. The van der Waals surface area contributed by atoms with Crippen LogP contribution in [-0.2, 0) is 12.5 Å². The van der Waals surface area contributed by atoms with Crippen molar-refractivity contribution < 1.29 is 0 Å². The van der Waals surface area contributed by atoms with E-state index in [1.165, 1.54) is 48.9 Å². The Morgan fingerprint density at radius 3 is 2.57 bits per heavy atom. The second kappa shape index (κ2) is 5.21. The van der Waals surface area contributed by atoms with Gasteiger partial charge in [0.1, 0.15) is 5.82 Å². The fourth-order valence-electron chi connectivity index (χ4n) is 3.61. The summed E-state index contributed by atoms with van der Waals surface area (Å²) >= 11 is 0. The van der Waals surface area contributed by atoms with E-state index in [4.69, 9.17) is 10.8 Å². The molecule has 0 aliphatic heterocycles. The molecule has 3 heteroatoms. The van der Waals surface area contributed by atoms with Crippen molar-refractivity contribution in [1.29, 1.82) is 0 Å². The highest BCUT2D eigenvalue weighted by molar-refractivity contribution is 5.78. The molecule has 0 amide bonds. The molecule has 1 aromatic heterocycles. The summed E-state index contributed by atoms with van der Waals surface area (Å²) in [6.07, 6.45) is 6.35. The van der Waals surface area contributed by atoms with Crippen LogP contribution in [0.3, 0.4) is 0 Å². The Morgan fingerprint density at radius 2 is 1.90 bits per heavy atom. The molecule has 1 aliphatic rings. The Hall–Kier alpha value is -1.77. The van der Waals surface area contributed by atoms with Crippen LogP contribution >= 0.6 is 0 Å². The Labute approximate surface area is 127 Å². The van der Waals surface area contributed by atoms with Gasteiger partial charge in [-0.05, 0) is 25.3 Å². The van der Waals surface area contributed by atoms with E-state index in [1.807, 2.05) is 11.7 Å². The third kappa shape index (κ3) is 2.45. The van der Waals surface area contributed by atoms with Crippen molar-refractivity contribution in [2.75, 3.05) is 5.73 Å². The molecule has 1 aliphatic carbocycles. The molecule has 0 spiro atoms. The predicted molar refractivity (Wildman–Crippen MR) is 88.2 cm³/mol. The third-order valence-electron chi connectivity index (χ3n) is 4.93. The van der Waals surface area contributed by atoms with Crippen LogP contribution in [0, 0.1) is 6.92 Å². The lowest BCUT2D eigenvalue weighted by Gasteiger charge is -2.33. The highest BCUT2D eigenvalue weighted by atomic mass is 15.3. The number of aromatic nitrogens is 2. The number of hydrogen-bond acceptors (Lipinski definition) is 2. The minimum atomic E-state index is 0.159. The summed E-state index contributed by atoms with van der Waals surface area (Å²) in [7, 11) is 1.95. The summed E-state index contributed by atoms with van der Waals surface area (Å²) in [5, 5.41) is 4.80. The smallest absolute Gasteiger partial charge is 0.129 e. The van der Waals surface area contributed by atoms with E-state index in [-0.39, 0.29) is 5.41 Å². The zero-order valence-corrected chi connectivity index (χ0v) is 13.3. The summed E-state index contributed by atoms with van der Waals surface area (Å²) in [6.45, 7) is 4.48. The topological polar surface area (TPSA) is 43.8 Å². The van der Waals surface area contributed by atoms with E-state index in [2.05, 4.69) is 38.1 Å². The van der Waals surface area contributed by atoms with Gasteiger partial charge < -0.3 is 5.73 Å².